The largest absolute Gasteiger partial charge is 0.508 e. The van der Waals surface area contributed by atoms with Gasteiger partial charge in [0.2, 0.25) is 0 Å². The molecular formula is C17H21N3O2S. The molecule has 2 heterocycles. The highest BCUT2D eigenvalue weighted by molar-refractivity contribution is 7.15. The molecule has 6 heteroatoms. The smallest absolute Gasteiger partial charge is 0.180 e. The number of fused-ring (bicyclic) bond motifs is 1. The first-order valence-electron chi connectivity index (χ1n) is 7.65. The van der Waals surface area contributed by atoms with Crippen LogP contribution in [-0.2, 0) is 12.8 Å². The number of benzene rings is 1. The summed E-state index contributed by atoms with van der Waals surface area (Å²) in [5, 5.41) is 10.4. The summed E-state index contributed by atoms with van der Waals surface area (Å²) in [5.41, 5.74) is 7.88. The fourth-order valence-electron chi connectivity index (χ4n) is 2.77. The zero-order valence-corrected chi connectivity index (χ0v) is 14.0. The summed E-state index contributed by atoms with van der Waals surface area (Å²) in [4.78, 5) is 8.14. The number of thiazole rings is 1. The number of aromatic nitrogens is 1. The van der Waals surface area contributed by atoms with Gasteiger partial charge in [-0.15, -0.1) is 11.3 Å². The van der Waals surface area contributed by atoms with E-state index in [0.717, 1.165) is 43.7 Å². The first-order chi connectivity index (χ1) is 11.1. The molecule has 0 saturated heterocycles. The third-order valence-corrected chi connectivity index (χ3v) is 4.92. The Kier molecular flexibility index (Phi) is 4.83. The standard InChI is InChI=1S/C17H21N3O2S/c1-22-14-10-12(9-13(21)11-14)3-2-6-20-7-4-15-16(5-8-20)23-17(18)19-15/h2-3,9-11,21H,4-8H2,1H3,(H2,18,19)/b3-2+. The van der Waals surface area contributed by atoms with Crippen molar-refractivity contribution in [3.05, 3.63) is 40.4 Å². The van der Waals surface area contributed by atoms with Crippen molar-refractivity contribution < 1.29 is 9.84 Å². The number of nitrogens with zero attached hydrogens (tertiary/aromatic N) is 2. The lowest BCUT2D eigenvalue weighted by molar-refractivity contribution is 0.318. The fourth-order valence-corrected chi connectivity index (χ4v) is 3.64. The van der Waals surface area contributed by atoms with Gasteiger partial charge < -0.3 is 15.6 Å². The van der Waals surface area contributed by atoms with E-state index in [2.05, 4.69) is 16.0 Å². The highest BCUT2D eigenvalue weighted by Crippen LogP contribution is 2.24. The van der Waals surface area contributed by atoms with E-state index in [1.54, 1.807) is 30.6 Å². The van der Waals surface area contributed by atoms with Crippen LogP contribution in [0, 0.1) is 0 Å². The molecule has 3 rings (SSSR count). The summed E-state index contributed by atoms with van der Waals surface area (Å²) in [6.45, 7) is 2.88. The minimum absolute atomic E-state index is 0.215. The Morgan fingerprint density at radius 1 is 1.35 bits per heavy atom. The van der Waals surface area contributed by atoms with Crippen LogP contribution in [-0.4, -0.2) is 41.7 Å². The molecule has 0 unspecified atom stereocenters. The molecule has 0 bridgehead atoms. The van der Waals surface area contributed by atoms with Gasteiger partial charge in [0.15, 0.2) is 5.13 Å². The van der Waals surface area contributed by atoms with Crippen LogP contribution in [0.2, 0.25) is 0 Å². The molecule has 0 fully saturated rings. The Morgan fingerprint density at radius 2 is 2.17 bits per heavy atom. The van der Waals surface area contributed by atoms with Crippen molar-refractivity contribution in [2.45, 2.75) is 12.8 Å². The SMILES string of the molecule is COc1cc(O)cc(/C=C/CN2CCc3nc(N)sc3CC2)c1. The molecule has 5 nitrogen and oxygen atoms in total. The van der Waals surface area contributed by atoms with Gasteiger partial charge in [0.1, 0.15) is 11.5 Å². The zero-order valence-electron chi connectivity index (χ0n) is 13.2. The molecular weight excluding hydrogens is 310 g/mol. The van der Waals surface area contributed by atoms with Crippen LogP contribution in [0.3, 0.4) is 0 Å². The third kappa shape index (κ3) is 4.03. The van der Waals surface area contributed by atoms with Gasteiger partial charge in [-0.3, -0.25) is 4.90 Å². The van der Waals surface area contributed by atoms with Crippen LogP contribution in [0.5, 0.6) is 11.5 Å². The van der Waals surface area contributed by atoms with E-state index in [4.69, 9.17) is 10.5 Å². The van der Waals surface area contributed by atoms with Crippen molar-refractivity contribution in [2.24, 2.45) is 0 Å². The van der Waals surface area contributed by atoms with Crippen LogP contribution in [0.15, 0.2) is 24.3 Å². The van der Waals surface area contributed by atoms with E-state index in [9.17, 15) is 5.11 Å². The summed E-state index contributed by atoms with van der Waals surface area (Å²) in [6, 6.07) is 5.23. The molecule has 0 saturated carbocycles. The fraction of sp³-hybridized carbons (Fsp3) is 0.353. The van der Waals surface area contributed by atoms with Gasteiger partial charge in [0.25, 0.3) is 0 Å². The number of anilines is 1. The van der Waals surface area contributed by atoms with Crippen LogP contribution < -0.4 is 10.5 Å². The van der Waals surface area contributed by atoms with Crippen LogP contribution in [0.4, 0.5) is 5.13 Å². The lowest BCUT2D eigenvalue weighted by Gasteiger charge is -2.17. The second-order valence-corrected chi connectivity index (χ2v) is 6.70. The van der Waals surface area contributed by atoms with Gasteiger partial charge in [0.05, 0.1) is 12.8 Å². The van der Waals surface area contributed by atoms with Gasteiger partial charge in [0, 0.05) is 37.0 Å². The monoisotopic (exact) mass is 331 g/mol. The lowest BCUT2D eigenvalue weighted by atomic mass is 10.2. The maximum atomic E-state index is 9.67. The Bertz CT molecular complexity index is 686. The summed E-state index contributed by atoms with van der Waals surface area (Å²) < 4.78 is 5.16. The van der Waals surface area contributed by atoms with Crippen LogP contribution >= 0.6 is 11.3 Å². The quantitative estimate of drug-likeness (QED) is 0.901. The highest BCUT2D eigenvalue weighted by Gasteiger charge is 2.16. The van der Waals surface area contributed by atoms with E-state index in [1.165, 1.54) is 4.88 Å². The number of phenolic OH excluding ortho intramolecular Hbond substituents is 1. The third-order valence-electron chi connectivity index (χ3n) is 3.94. The average molecular weight is 331 g/mol. The van der Waals surface area contributed by atoms with Gasteiger partial charge in [-0.25, -0.2) is 4.98 Å². The molecule has 0 aliphatic carbocycles. The van der Waals surface area contributed by atoms with E-state index in [-0.39, 0.29) is 5.75 Å². The van der Waals surface area contributed by atoms with Gasteiger partial charge in [-0.1, -0.05) is 12.2 Å². The Labute approximate surface area is 140 Å². The normalized spacial score (nSPS) is 15.5. The van der Waals surface area contributed by atoms with E-state index >= 15 is 0 Å². The number of nitrogens with two attached hydrogens (primary N) is 1. The van der Waals surface area contributed by atoms with Crippen molar-refractivity contribution in [1.29, 1.82) is 0 Å². The summed E-state index contributed by atoms with van der Waals surface area (Å²) in [6.07, 6.45) is 6.10. The molecule has 1 aromatic carbocycles. The maximum absolute atomic E-state index is 9.67. The number of aromatic hydroxyl groups is 1. The van der Waals surface area contributed by atoms with Gasteiger partial charge in [-0.2, -0.15) is 0 Å². The molecule has 23 heavy (non-hydrogen) atoms. The predicted molar refractivity (Wildman–Crippen MR) is 94.1 cm³/mol. The topological polar surface area (TPSA) is 71.6 Å². The first-order valence-corrected chi connectivity index (χ1v) is 8.46. The van der Waals surface area contributed by atoms with E-state index in [1.807, 2.05) is 12.1 Å². The minimum atomic E-state index is 0.215. The number of hydrogen-bond acceptors (Lipinski definition) is 6. The van der Waals surface area contributed by atoms with Gasteiger partial charge >= 0.3 is 0 Å². The summed E-state index contributed by atoms with van der Waals surface area (Å²) in [7, 11) is 1.60. The molecule has 1 aliphatic heterocycles. The molecule has 1 aromatic heterocycles. The number of hydrogen-bond donors (Lipinski definition) is 2. The number of ether oxygens (including phenoxy) is 1. The molecule has 0 atom stereocenters. The Morgan fingerprint density at radius 3 is 3.00 bits per heavy atom. The molecule has 1 aliphatic rings. The molecule has 122 valence electrons. The predicted octanol–water partition coefficient (Wildman–Crippen LogP) is 2.55. The number of nitrogen functional groups attached to an aromatic ring is 1. The Balaban J connectivity index is 1.58. The maximum Gasteiger partial charge on any atom is 0.180 e. The van der Waals surface area contributed by atoms with Crippen molar-refractivity contribution in [3.63, 3.8) is 0 Å². The zero-order chi connectivity index (χ0) is 16.2. The second-order valence-electron chi connectivity index (χ2n) is 5.59. The van der Waals surface area contributed by atoms with Gasteiger partial charge in [-0.05, 0) is 24.1 Å². The highest BCUT2D eigenvalue weighted by atomic mass is 32.1. The van der Waals surface area contributed by atoms with Crippen LogP contribution in [0.1, 0.15) is 16.1 Å². The number of methoxy groups -OCH3 is 1. The molecule has 0 spiro atoms. The first kappa shape index (κ1) is 15.8. The van der Waals surface area contributed by atoms with Crippen LogP contribution in [0.25, 0.3) is 6.08 Å². The van der Waals surface area contributed by atoms with Crippen molar-refractivity contribution in [1.82, 2.24) is 9.88 Å². The number of phenols is 1. The van der Waals surface area contributed by atoms with E-state index in [0.29, 0.717) is 10.9 Å². The minimum Gasteiger partial charge on any atom is -0.508 e. The second kappa shape index (κ2) is 7.02. The average Bonchev–Trinajstić information content (AvgIpc) is 2.78. The molecule has 2 aromatic rings. The Hall–Kier alpha value is -2.05. The number of rotatable bonds is 4. The van der Waals surface area contributed by atoms with Crippen molar-refractivity contribution >= 4 is 22.5 Å². The molecule has 0 radical (unpaired) electrons. The molecule has 0 amide bonds. The summed E-state index contributed by atoms with van der Waals surface area (Å²) in [5.74, 6) is 0.874. The summed E-state index contributed by atoms with van der Waals surface area (Å²) >= 11 is 1.61. The molecule has 3 N–H and O–H groups in total. The van der Waals surface area contributed by atoms with Crippen molar-refractivity contribution in [2.75, 3.05) is 32.5 Å². The van der Waals surface area contributed by atoms with E-state index < -0.39 is 0 Å². The van der Waals surface area contributed by atoms with Crippen molar-refractivity contribution in [3.8, 4) is 11.5 Å². The lowest BCUT2D eigenvalue weighted by Crippen LogP contribution is -2.26.